The van der Waals surface area contributed by atoms with Gasteiger partial charge in [0.1, 0.15) is 0 Å². The fourth-order valence-corrected chi connectivity index (χ4v) is 1.36. The molecule has 0 unspecified atom stereocenters. The van der Waals surface area contributed by atoms with Gasteiger partial charge >= 0.3 is 0 Å². The maximum absolute atomic E-state index is 9.13. The Bertz CT molecular complexity index is 242. The van der Waals surface area contributed by atoms with Crippen LogP contribution in [0.25, 0.3) is 0 Å². The molecule has 11 heavy (non-hydrogen) atoms. The number of halogens is 2. The van der Waals surface area contributed by atoms with Crippen molar-refractivity contribution in [3.05, 3.63) is 24.3 Å². The largest absolute Gasteiger partial charge is 0.504 e. The van der Waals surface area contributed by atoms with Crippen LogP contribution in [0.15, 0.2) is 24.3 Å². The molecule has 1 N–H and O–H groups in total. The van der Waals surface area contributed by atoms with Gasteiger partial charge in [-0.05, 0) is 34.6 Å². The lowest BCUT2D eigenvalue weighted by atomic mass is 10.3. The smallest absolute Gasteiger partial charge is 0.284 e. The molecule has 0 bridgehead atoms. The maximum Gasteiger partial charge on any atom is 0.284 e. The van der Waals surface area contributed by atoms with Gasteiger partial charge in [-0.1, -0.05) is 12.1 Å². The first-order chi connectivity index (χ1) is 5.20. The Labute approximate surface area is 75.1 Å². The van der Waals surface area contributed by atoms with Gasteiger partial charge in [0.15, 0.2) is 11.5 Å². The summed E-state index contributed by atoms with van der Waals surface area (Å²) in [5.41, 5.74) is 0. The first-order valence-electron chi connectivity index (χ1n) is 2.78. The lowest BCUT2D eigenvalue weighted by Crippen LogP contribution is -1.77. The van der Waals surface area contributed by atoms with Crippen LogP contribution in [0, 0.1) is 0 Å². The lowest BCUT2D eigenvalue weighted by molar-refractivity contribution is 0.449. The van der Waals surface area contributed by atoms with E-state index < -0.39 is 6.85 Å². The number of phenols is 1. The Morgan fingerprint density at radius 3 is 2.45 bits per heavy atom. The molecule has 0 aliphatic heterocycles. The molecule has 1 aromatic rings. The Morgan fingerprint density at radius 1 is 1.27 bits per heavy atom. The van der Waals surface area contributed by atoms with Crippen LogP contribution < -0.4 is 4.52 Å². The molecule has 5 heteroatoms. The van der Waals surface area contributed by atoms with Crippen LogP contribution in [0.2, 0.25) is 0 Å². The molecule has 0 fully saturated rings. The zero-order valence-corrected chi connectivity index (χ0v) is 7.77. The van der Waals surface area contributed by atoms with Gasteiger partial charge in [-0.25, -0.2) is 0 Å². The number of phenolic OH excluding ortho intramolecular Hbond substituents is 1. The normalized spacial score (nSPS) is 10.1. The average molecular weight is 211 g/mol. The fourth-order valence-electron chi connectivity index (χ4n) is 0.609. The van der Waals surface area contributed by atoms with Crippen molar-refractivity contribution in [3.8, 4) is 11.5 Å². The molecule has 0 atom stereocenters. The second-order valence-electron chi connectivity index (χ2n) is 1.76. The average Bonchev–Trinajstić information content (AvgIpc) is 1.93. The van der Waals surface area contributed by atoms with Crippen molar-refractivity contribution >= 4 is 29.3 Å². The summed E-state index contributed by atoms with van der Waals surface area (Å²) in [4.78, 5) is 0. The summed E-state index contributed by atoms with van der Waals surface area (Å²) in [5.74, 6) is 0.352. The van der Waals surface area contributed by atoms with E-state index in [4.69, 9.17) is 32.1 Å². The van der Waals surface area contributed by atoms with Crippen molar-refractivity contribution in [2.24, 2.45) is 0 Å². The third-order valence-corrected chi connectivity index (χ3v) is 1.78. The van der Waals surface area contributed by atoms with E-state index in [2.05, 4.69) is 0 Å². The molecule has 0 aliphatic carbocycles. The molecule has 0 aliphatic rings. The zero-order valence-electron chi connectivity index (χ0n) is 5.37. The van der Waals surface area contributed by atoms with Crippen LogP contribution in [-0.2, 0) is 0 Å². The number of benzene rings is 1. The number of hydrogen-bond donors (Lipinski definition) is 1. The minimum absolute atomic E-state index is 0.0429. The highest BCUT2D eigenvalue weighted by atomic mass is 35.9. The van der Waals surface area contributed by atoms with Gasteiger partial charge in [-0.15, -0.1) is 0 Å². The highest BCUT2D eigenvalue weighted by Gasteiger charge is 2.05. The van der Waals surface area contributed by atoms with E-state index in [1.807, 2.05) is 0 Å². The molecular weight excluding hydrogens is 206 g/mol. The topological polar surface area (TPSA) is 29.5 Å². The van der Waals surface area contributed by atoms with Crippen LogP contribution >= 0.6 is 29.3 Å². The highest BCUT2D eigenvalue weighted by molar-refractivity contribution is 8.00. The predicted molar refractivity (Wildman–Crippen MR) is 47.4 cm³/mol. The minimum Gasteiger partial charge on any atom is -0.504 e. The Morgan fingerprint density at radius 2 is 1.91 bits per heavy atom. The number of hydrogen-bond acceptors (Lipinski definition) is 2. The quantitative estimate of drug-likeness (QED) is 0.758. The Hall–Kier alpha value is -0.170. The van der Waals surface area contributed by atoms with E-state index in [-0.39, 0.29) is 5.75 Å². The van der Waals surface area contributed by atoms with Gasteiger partial charge in [0.2, 0.25) is 0 Å². The number of aromatic hydroxyl groups is 1. The van der Waals surface area contributed by atoms with Crippen molar-refractivity contribution in [1.82, 2.24) is 0 Å². The predicted octanol–water partition coefficient (Wildman–Crippen LogP) is 3.48. The molecule has 1 aromatic carbocycles. The fraction of sp³-hybridized carbons (Fsp3) is 0. The van der Waals surface area contributed by atoms with Gasteiger partial charge in [-0.3, -0.25) is 0 Å². The van der Waals surface area contributed by atoms with Crippen molar-refractivity contribution < 1.29 is 9.63 Å². The summed E-state index contributed by atoms with van der Waals surface area (Å²) in [5, 5.41) is 9.13. The molecule has 0 heterocycles. The number of rotatable bonds is 2. The summed E-state index contributed by atoms with van der Waals surface area (Å²) in [6, 6.07) is 6.51. The Kier molecular flexibility index (Phi) is 3.25. The molecule has 0 amide bonds. The molecule has 0 aromatic heterocycles. The van der Waals surface area contributed by atoms with E-state index in [0.717, 1.165) is 0 Å². The molecule has 0 spiro atoms. The SMILES string of the molecule is Oc1ccccc1OP(Cl)Cl. The van der Waals surface area contributed by atoms with E-state index in [0.29, 0.717) is 5.75 Å². The third-order valence-electron chi connectivity index (χ3n) is 1.03. The summed E-state index contributed by atoms with van der Waals surface area (Å²) in [6.07, 6.45) is 0. The van der Waals surface area contributed by atoms with Crippen LogP contribution in [0.1, 0.15) is 0 Å². The molecule has 0 saturated carbocycles. The molecule has 1 rings (SSSR count). The van der Waals surface area contributed by atoms with Crippen molar-refractivity contribution in [2.45, 2.75) is 0 Å². The van der Waals surface area contributed by atoms with E-state index in [1.54, 1.807) is 18.2 Å². The van der Waals surface area contributed by atoms with Crippen LogP contribution in [0.5, 0.6) is 11.5 Å². The van der Waals surface area contributed by atoms with Gasteiger partial charge in [-0.2, -0.15) is 0 Å². The molecular formula is C6H5Cl2O2P. The van der Waals surface area contributed by atoms with Gasteiger partial charge < -0.3 is 9.63 Å². The van der Waals surface area contributed by atoms with Gasteiger partial charge in [0, 0.05) is 0 Å². The summed E-state index contributed by atoms with van der Waals surface area (Å²) in [7, 11) is 0. The van der Waals surface area contributed by atoms with Gasteiger partial charge in [0.05, 0.1) is 0 Å². The van der Waals surface area contributed by atoms with Crippen LogP contribution in [0.3, 0.4) is 0 Å². The third kappa shape index (κ3) is 2.74. The second-order valence-corrected chi connectivity index (χ2v) is 4.71. The van der Waals surface area contributed by atoms with Crippen LogP contribution in [0.4, 0.5) is 0 Å². The van der Waals surface area contributed by atoms with E-state index in [1.165, 1.54) is 6.07 Å². The lowest BCUT2D eigenvalue weighted by Gasteiger charge is -2.05. The molecule has 60 valence electrons. The molecule has 2 nitrogen and oxygen atoms in total. The van der Waals surface area contributed by atoms with Crippen molar-refractivity contribution in [2.75, 3.05) is 0 Å². The maximum atomic E-state index is 9.13. The standard InChI is InChI=1S/C6H5Cl2O2P/c7-11(8)10-6-4-2-1-3-5(6)9/h1-4,9H. The first kappa shape index (κ1) is 8.92. The summed E-state index contributed by atoms with van der Waals surface area (Å²) in [6.45, 7) is -1.51. The number of para-hydroxylation sites is 2. The molecule has 0 saturated heterocycles. The van der Waals surface area contributed by atoms with Crippen LogP contribution in [-0.4, -0.2) is 5.11 Å². The monoisotopic (exact) mass is 210 g/mol. The second kappa shape index (κ2) is 4.01. The van der Waals surface area contributed by atoms with Crippen molar-refractivity contribution in [1.29, 1.82) is 0 Å². The van der Waals surface area contributed by atoms with Crippen molar-refractivity contribution in [3.63, 3.8) is 0 Å². The first-order valence-corrected chi connectivity index (χ1v) is 5.85. The molecule has 0 radical (unpaired) electrons. The summed E-state index contributed by atoms with van der Waals surface area (Å²) < 4.78 is 4.89. The van der Waals surface area contributed by atoms with E-state index in [9.17, 15) is 0 Å². The van der Waals surface area contributed by atoms with Gasteiger partial charge in [0.25, 0.3) is 6.85 Å². The highest BCUT2D eigenvalue weighted by Crippen LogP contribution is 2.49. The minimum atomic E-state index is -1.51. The Balaban J connectivity index is 2.78. The zero-order chi connectivity index (χ0) is 8.27. The van der Waals surface area contributed by atoms with E-state index >= 15 is 0 Å². The summed E-state index contributed by atoms with van der Waals surface area (Å²) >= 11 is 10.8.